The number of halogens is 1. The fraction of sp³-hybridized carbons (Fsp3) is 0.455. The number of carbonyl (C=O) groups is 1. The summed E-state index contributed by atoms with van der Waals surface area (Å²) in [5, 5.41) is 1.80. The molecule has 1 aromatic heterocycles. The van der Waals surface area contributed by atoms with Crippen LogP contribution in [0.15, 0.2) is 12.3 Å². The maximum Gasteiger partial charge on any atom is 0.269 e. The van der Waals surface area contributed by atoms with Gasteiger partial charge in [-0.25, -0.2) is 14.4 Å². The summed E-state index contributed by atoms with van der Waals surface area (Å²) in [6.07, 6.45) is 0.988. The minimum atomic E-state index is -0.576. The van der Waals surface area contributed by atoms with E-state index in [4.69, 9.17) is 5.73 Å². The molecular formula is C11H16FN5O. The molecule has 7 heteroatoms. The van der Waals surface area contributed by atoms with Crippen molar-refractivity contribution in [1.29, 1.82) is 0 Å². The van der Waals surface area contributed by atoms with Crippen LogP contribution in [0.25, 0.3) is 0 Å². The summed E-state index contributed by atoms with van der Waals surface area (Å²) in [4.78, 5) is 17.7. The molecular weight excluding hydrogens is 237 g/mol. The SMILES string of the molecule is CN1CCN(NC(=O)c2cc(F)cnc2N)CC1. The Balaban J connectivity index is 2.01. The number of hydrogen-bond donors (Lipinski definition) is 2. The largest absolute Gasteiger partial charge is 0.383 e. The fourth-order valence-corrected chi connectivity index (χ4v) is 1.75. The molecule has 6 nitrogen and oxygen atoms in total. The van der Waals surface area contributed by atoms with Crippen LogP contribution >= 0.6 is 0 Å². The second kappa shape index (κ2) is 5.28. The van der Waals surface area contributed by atoms with Gasteiger partial charge in [0.25, 0.3) is 5.91 Å². The minimum Gasteiger partial charge on any atom is -0.383 e. The number of nitrogens with one attached hydrogen (secondary N) is 1. The Bertz CT molecular complexity index is 445. The van der Waals surface area contributed by atoms with Crippen molar-refractivity contribution in [2.75, 3.05) is 39.0 Å². The lowest BCUT2D eigenvalue weighted by molar-refractivity contribution is 0.0662. The molecule has 1 aliphatic rings. The monoisotopic (exact) mass is 253 g/mol. The molecule has 0 atom stereocenters. The normalized spacial score (nSPS) is 17.7. The lowest BCUT2D eigenvalue weighted by Crippen LogP contribution is -2.52. The van der Waals surface area contributed by atoms with Gasteiger partial charge in [-0.1, -0.05) is 0 Å². The molecule has 0 bridgehead atoms. The van der Waals surface area contributed by atoms with Crippen LogP contribution in [0.3, 0.4) is 0 Å². The van der Waals surface area contributed by atoms with E-state index in [9.17, 15) is 9.18 Å². The average Bonchev–Trinajstić information content (AvgIpc) is 2.35. The first kappa shape index (κ1) is 12.7. The molecule has 0 aliphatic carbocycles. The van der Waals surface area contributed by atoms with Crippen LogP contribution in [0.5, 0.6) is 0 Å². The van der Waals surface area contributed by atoms with Crippen molar-refractivity contribution in [3.63, 3.8) is 0 Å². The van der Waals surface area contributed by atoms with Gasteiger partial charge >= 0.3 is 0 Å². The Labute approximate surface area is 105 Å². The number of hydrazine groups is 1. The molecule has 18 heavy (non-hydrogen) atoms. The molecule has 1 fully saturated rings. The number of likely N-dealkylation sites (N-methyl/N-ethyl adjacent to an activating group) is 1. The summed E-state index contributed by atoms with van der Waals surface area (Å²) >= 11 is 0. The van der Waals surface area contributed by atoms with Crippen LogP contribution in [-0.4, -0.2) is 54.0 Å². The van der Waals surface area contributed by atoms with E-state index in [2.05, 4.69) is 15.3 Å². The van der Waals surface area contributed by atoms with Crippen molar-refractivity contribution in [2.45, 2.75) is 0 Å². The molecule has 98 valence electrons. The highest BCUT2D eigenvalue weighted by Gasteiger charge is 2.18. The molecule has 1 aromatic rings. The molecule has 0 aromatic carbocycles. The van der Waals surface area contributed by atoms with Crippen LogP contribution in [0.2, 0.25) is 0 Å². The number of aromatic nitrogens is 1. The van der Waals surface area contributed by atoms with Crippen LogP contribution < -0.4 is 11.2 Å². The summed E-state index contributed by atoms with van der Waals surface area (Å²) in [6.45, 7) is 3.20. The third-order valence-electron chi connectivity index (χ3n) is 2.89. The molecule has 1 amide bonds. The average molecular weight is 253 g/mol. The zero-order chi connectivity index (χ0) is 13.1. The van der Waals surface area contributed by atoms with Crippen molar-refractivity contribution in [3.8, 4) is 0 Å². The number of amides is 1. The van der Waals surface area contributed by atoms with Crippen LogP contribution in [0.4, 0.5) is 10.2 Å². The smallest absolute Gasteiger partial charge is 0.269 e. The van der Waals surface area contributed by atoms with Crippen molar-refractivity contribution in [1.82, 2.24) is 20.3 Å². The van der Waals surface area contributed by atoms with Gasteiger partial charge in [0.15, 0.2) is 0 Å². The Kier molecular flexibility index (Phi) is 3.73. The van der Waals surface area contributed by atoms with Gasteiger partial charge in [-0.05, 0) is 13.1 Å². The fourth-order valence-electron chi connectivity index (χ4n) is 1.75. The minimum absolute atomic E-state index is 0.0306. The number of nitrogens with two attached hydrogens (primary N) is 1. The van der Waals surface area contributed by atoms with Crippen LogP contribution in [0, 0.1) is 5.82 Å². The third kappa shape index (κ3) is 2.93. The summed E-state index contributed by atoms with van der Waals surface area (Å²) < 4.78 is 13.0. The molecule has 2 heterocycles. The molecule has 0 radical (unpaired) electrons. The Hall–Kier alpha value is -1.73. The molecule has 0 spiro atoms. The van der Waals surface area contributed by atoms with Gasteiger partial charge in [-0.15, -0.1) is 0 Å². The van der Waals surface area contributed by atoms with Crippen molar-refractivity contribution in [3.05, 3.63) is 23.6 Å². The molecule has 1 aliphatic heterocycles. The summed E-state index contributed by atoms with van der Waals surface area (Å²) in [5.41, 5.74) is 8.32. The summed E-state index contributed by atoms with van der Waals surface area (Å²) in [6, 6.07) is 1.09. The van der Waals surface area contributed by atoms with E-state index in [1.165, 1.54) is 0 Å². The molecule has 0 saturated carbocycles. The zero-order valence-corrected chi connectivity index (χ0v) is 10.2. The second-order valence-corrected chi connectivity index (χ2v) is 4.32. The van der Waals surface area contributed by atoms with Crippen molar-refractivity contribution in [2.24, 2.45) is 0 Å². The van der Waals surface area contributed by atoms with E-state index in [-0.39, 0.29) is 11.4 Å². The highest BCUT2D eigenvalue weighted by Crippen LogP contribution is 2.10. The molecule has 1 saturated heterocycles. The van der Waals surface area contributed by atoms with Crippen molar-refractivity contribution < 1.29 is 9.18 Å². The molecule has 0 unspecified atom stereocenters. The van der Waals surface area contributed by atoms with E-state index in [1.54, 1.807) is 5.01 Å². The van der Waals surface area contributed by atoms with Gasteiger partial charge < -0.3 is 10.6 Å². The van der Waals surface area contributed by atoms with Gasteiger partial charge in [0, 0.05) is 26.2 Å². The number of pyridine rings is 1. The highest BCUT2D eigenvalue weighted by molar-refractivity contribution is 5.97. The number of nitrogen functional groups attached to an aromatic ring is 1. The topological polar surface area (TPSA) is 74.5 Å². The van der Waals surface area contributed by atoms with Crippen LogP contribution in [0.1, 0.15) is 10.4 Å². The predicted octanol–water partition coefficient (Wildman–Crippen LogP) is -0.305. The molecule has 3 N–H and O–H groups in total. The first-order valence-corrected chi connectivity index (χ1v) is 5.72. The lowest BCUT2D eigenvalue weighted by atomic mass is 10.2. The zero-order valence-electron chi connectivity index (χ0n) is 10.2. The molecule has 2 rings (SSSR count). The van der Waals surface area contributed by atoms with Crippen molar-refractivity contribution >= 4 is 11.7 Å². The highest BCUT2D eigenvalue weighted by atomic mass is 19.1. The number of nitrogens with zero attached hydrogens (tertiary/aromatic N) is 3. The summed E-state index contributed by atoms with van der Waals surface area (Å²) in [7, 11) is 2.02. The number of anilines is 1. The Morgan fingerprint density at radius 1 is 1.44 bits per heavy atom. The lowest BCUT2D eigenvalue weighted by Gasteiger charge is -2.32. The quantitative estimate of drug-likeness (QED) is 0.756. The van der Waals surface area contributed by atoms with Gasteiger partial charge in [0.2, 0.25) is 0 Å². The summed E-state index contributed by atoms with van der Waals surface area (Å²) in [5.74, 6) is -0.972. The van der Waals surface area contributed by atoms with E-state index < -0.39 is 11.7 Å². The maximum absolute atomic E-state index is 13.0. The predicted molar refractivity (Wildman–Crippen MR) is 65.1 cm³/mol. The number of piperazine rings is 1. The van der Waals surface area contributed by atoms with Gasteiger partial charge in [-0.2, -0.15) is 0 Å². The number of hydrogen-bond acceptors (Lipinski definition) is 5. The Morgan fingerprint density at radius 2 is 2.11 bits per heavy atom. The van der Waals surface area contributed by atoms with Gasteiger partial charge in [0.05, 0.1) is 11.8 Å². The van der Waals surface area contributed by atoms with Gasteiger partial charge in [0.1, 0.15) is 11.6 Å². The standard InChI is InChI=1S/C11H16FN5O/c1-16-2-4-17(5-3-16)15-11(18)9-6-8(12)7-14-10(9)13/h6-7H,2-5H2,1H3,(H2,13,14)(H,15,18). The first-order valence-electron chi connectivity index (χ1n) is 5.72. The van der Waals surface area contributed by atoms with Crippen LogP contribution in [-0.2, 0) is 0 Å². The Morgan fingerprint density at radius 3 is 2.78 bits per heavy atom. The second-order valence-electron chi connectivity index (χ2n) is 4.32. The maximum atomic E-state index is 13.0. The number of carbonyl (C=O) groups excluding carboxylic acids is 1. The number of rotatable bonds is 2. The van der Waals surface area contributed by atoms with E-state index >= 15 is 0 Å². The van der Waals surface area contributed by atoms with E-state index in [0.717, 1.165) is 38.4 Å². The first-order chi connectivity index (χ1) is 8.56. The third-order valence-corrected chi connectivity index (χ3v) is 2.89. The van der Waals surface area contributed by atoms with E-state index in [0.29, 0.717) is 0 Å². The van der Waals surface area contributed by atoms with Gasteiger partial charge in [-0.3, -0.25) is 10.2 Å². The van der Waals surface area contributed by atoms with E-state index in [1.807, 2.05) is 7.05 Å².